The second-order valence-corrected chi connectivity index (χ2v) is 5.06. The molecule has 2 N–H and O–H groups in total. The molecule has 1 heterocycles. The molecule has 0 spiro atoms. The van der Waals surface area contributed by atoms with Crippen molar-refractivity contribution < 1.29 is 14.7 Å². The van der Waals surface area contributed by atoms with Gasteiger partial charge in [-0.1, -0.05) is 0 Å². The molecule has 2 rings (SSSR count). The van der Waals surface area contributed by atoms with Crippen molar-refractivity contribution in [1.82, 2.24) is 10.2 Å². The number of nitrogens with one attached hydrogen (secondary N) is 1. The van der Waals surface area contributed by atoms with Crippen LogP contribution in [0.25, 0.3) is 0 Å². The minimum Gasteiger partial charge on any atom is -0.481 e. The second kappa shape index (κ2) is 5.38. The van der Waals surface area contributed by atoms with Crippen molar-refractivity contribution in [2.75, 3.05) is 19.6 Å². The molecule has 2 amide bonds. The average molecular weight is 240 g/mol. The van der Waals surface area contributed by atoms with E-state index in [0.717, 1.165) is 25.4 Å². The maximum atomic E-state index is 11.7. The minimum absolute atomic E-state index is 0.0291. The van der Waals surface area contributed by atoms with E-state index in [2.05, 4.69) is 5.32 Å². The Morgan fingerprint density at radius 2 is 2.00 bits per heavy atom. The summed E-state index contributed by atoms with van der Waals surface area (Å²) in [4.78, 5) is 23.9. The molecule has 0 aromatic heterocycles. The van der Waals surface area contributed by atoms with Crippen molar-refractivity contribution in [2.45, 2.75) is 32.1 Å². The lowest BCUT2D eigenvalue weighted by atomic mass is 10.0. The van der Waals surface area contributed by atoms with Gasteiger partial charge >= 0.3 is 12.0 Å². The van der Waals surface area contributed by atoms with Crippen LogP contribution in [0.2, 0.25) is 0 Å². The first-order valence-electron chi connectivity index (χ1n) is 6.41. The molecule has 1 saturated carbocycles. The van der Waals surface area contributed by atoms with Gasteiger partial charge in [0.05, 0.1) is 0 Å². The van der Waals surface area contributed by atoms with E-state index in [0.29, 0.717) is 18.9 Å². The molecule has 1 saturated heterocycles. The van der Waals surface area contributed by atoms with Crippen molar-refractivity contribution in [2.24, 2.45) is 11.8 Å². The molecule has 17 heavy (non-hydrogen) atoms. The smallest absolute Gasteiger partial charge is 0.317 e. The Hall–Kier alpha value is -1.26. The number of urea groups is 1. The third-order valence-corrected chi connectivity index (χ3v) is 3.64. The number of hydrogen-bond donors (Lipinski definition) is 2. The molecule has 0 aromatic rings. The Labute approximate surface area is 101 Å². The Morgan fingerprint density at radius 3 is 2.65 bits per heavy atom. The molecule has 2 aliphatic rings. The fraction of sp³-hybridized carbons (Fsp3) is 0.833. The predicted molar refractivity (Wildman–Crippen MR) is 62.7 cm³/mol. The van der Waals surface area contributed by atoms with Gasteiger partial charge in [0, 0.05) is 26.1 Å². The molecule has 0 bridgehead atoms. The van der Waals surface area contributed by atoms with Crippen molar-refractivity contribution in [3.63, 3.8) is 0 Å². The third kappa shape index (κ3) is 3.61. The third-order valence-electron chi connectivity index (χ3n) is 3.64. The normalized spacial score (nSPS) is 23.8. The summed E-state index contributed by atoms with van der Waals surface area (Å²) in [5.41, 5.74) is 0. The fourth-order valence-corrected chi connectivity index (χ4v) is 2.47. The van der Waals surface area contributed by atoms with Gasteiger partial charge in [-0.25, -0.2) is 4.79 Å². The number of carboxylic acid groups (broad SMARTS) is 1. The molecule has 96 valence electrons. The molecular formula is C12H20N2O3. The van der Waals surface area contributed by atoms with Crippen LogP contribution in [0.15, 0.2) is 0 Å². The summed E-state index contributed by atoms with van der Waals surface area (Å²) in [5.74, 6) is 0.758. The summed E-state index contributed by atoms with van der Waals surface area (Å²) in [6.45, 7) is 2.19. The van der Waals surface area contributed by atoms with Crippen molar-refractivity contribution in [3.05, 3.63) is 0 Å². The number of hydrogen-bond acceptors (Lipinski definition) is 2. The fourth-order valence-electron chi connectivity index (χ4n) is 2.47. The van der Waals surface area contributed by atoms with Crippen LogP contribution in [-0.2, 0) is 4.79 Å². The molecule has 1 aliphatic heterocycles. The summed E-state index contributed by atoms with van der Waals surface area (Å²) in [7, 11) is 0. The number of aliphatic carboxylic acids is 1. The van der Waals surface area contributed by atoms with E-state index in [1.807, 2.05) is 4.90 Å². The number of nitrogens with zero attached hydrogens (tertiary/aromatic N) is 1. The highest BCUT2D eigenvalue weighted by atomic mass is 16.4. The Balaban J connectivity index is 1.61. The SMILES string of the molecule is O=C(O)CCCNC(=O)N1CCC(C2CC2)C1. The zero-order valence-electron chi connectivity index (χ0n) is 10.0. The van der Waals surface area contributed by atoms with E-state index in [1.54, 1.807) is 0 Å². The van der Waals surface area contributed by atoms with E-state index in [9.17, 15) is 9.59 Å². The lowest BCUT2D eigenvalue weighted by Crippen LogP contribution is -2.39. The first-order valence-corrected chi connectivity index (χ1v) is 6.41. The lowest BCUT2D eigenvalue weighted by molar-refractivity contribution is -0.137. The molecule has 2 fully saturated rings. The van der Waals surface area contributed by atoms with Gasteiger partial charge in [0.15, 0.2) is 0 Å². The molecule has 5 heteroatoms. The monoisotopic (exact) mass is 240 g/mol. The van der Waals surface area contributed by atoms with Crippen LogP contribution in [0.1, 0.15) is 32.1 Å². The highest BCUT2D eigenvalue weighted by Gasteiger charge is 2.37. The number of carbonyl (C=O) groups excluding carboxylic acids is 1. The number of likely N-dealkylation sites (tertiary alicyclic amines) is 1. The first kappa shape index (κ1) is 12.2. The van der Waals surface area contributed by atoms with E-state index < -0.39 is 5.97 Å². The van der Waals surface area contributed by atoms with E-state index in [-0.39, 0.29) is 12.5 Å². The molecular weight excluding hydrogens is 220 g/mol. The van der Waals surface area contributed by atoms with Crippen LogP contribution in [-0.4, -0.2) is 41.6 Å². The van der Waals surface area contributed by atoms with Crippen LogP contribution in [0.4, 0.5) is 4.79 Å². The van der Waals surface area contributed by atoms with Crippen molar-refractivity contribution in [3.8, 4) is 0 Å². The number of carboxylic acids is 1. The number of rotatable bonds is 5. The van der Waals surface area contributed by atoms with Gasteiger partial charge in [0.25, 0.3) is 0 Å². The average Bonchev–Trinajstić information content (AvgIpc) is 3.02. The summed E-state index contributed by atoms with van der Waals surface area (Å²) in [5, 5.41) is 11.3. The summed E-state index contributed by atoms with van der Waals surface area (Å²) >= 11 is 0. The van der Waals surface area contributed by atoms with Gasteiger partial charge in [0.2, 0.25) is 0 Å². The molecule has 1 unspecified atom stereocenters. The number of carbonyl (C=O) groups is 2. The first-order chi connectivity index (χ1) is 8.16. The summed E-state index contributed by atoms with van der Waals surface area (Å²) in [6.07, 6.45) is 4.41. The zero-order chi connectivity index (χ0) is 12.3. The van der Waals surface area contributed by atoms with Crippen LogP contribution < -0.4 is 5.32 Å². The van der Waals surface area contributed by atoms with E-state index >= 15 is 0 Å². The van der Waals surface area contributed by atoms with Gasteiger partial charge in [-0.05, 0) is 37.5 Å². The van der Waals surface area contributed by atoms with Crippen LogP contribution in [0, 0.1) is 11.8 Å². The predicted octanol–water partition coefficient (Wildman–Crippen LogP) is 1.29. The maximum absolute atomic E-state index is 11.7. The second-order valence-electron chi connectivity index (χ2n) is 5.06. The molecule has 5 nitrogen and oxygen atoms in total. The Morgan fingerprint density at radius 1 is 1.24 bits per heavy atom. The Kier molecular flexibility index (Phi) is 3.86. The minimum atomic E-state index is -0.811. The lowest BCUT2D eigenvalue weighted by Gasteiger charge is -2.17. The van der Waals surface area contributed by atoms with Gasteiger partial charge in [-0.2, -0.15) is 0 Å². The van der Waals surface area contributed by atoms with E-state index in [1.165, 1.54) is 12.8 Å². The molecule has 1 atom stereocenters. The standard InChI is InChI=1S/C12H20N2O3/c15-11(16)2-1-6-13-12(17)14-7-5-10(8-14)9-3-4-9/h9-10H,1-8H2,(H,13,17)(H,15,16). The van der Waals surface area contributed by atoms with Gasteiger partial charge in [-0.3, -0.25) is 4.79 Å². The summed E-state index contributed by atoms with van der Waals surface area (Å²) < 4.78 is 0. The largest absolute Gasteiger partial charge is 0.481 e. The number of amides is 2. The quantitative estimate of drug-likeness (QED) is 0.711. The zero-order valence-corrected chi connectivity index (χ0v) is 10.0. The summed E-state index contributed by atoms with van der Waals surface area (Å²) in [6, 6.07) is -0.0291. The molecule has 0 radical (unpaired) electrons. The Bertz CT molecular complexity index is 302. The molecule has 0 aromatic carbocycles. The van der Waals surface area contributed by atoms with Crippen molar-refractivity contribution >= 4 is 12.0 Å². The molecule has 1 aliphatic carbocycles. The van der Waals surface area contributed by atoms with Crippen LogP contribution >= 0.6 is 0 Å². The highest BCUT2D eigenvalue weighted by molar-refractivity contribution is 5.74. The van der Waals surface area contributed by atoms with Crippen LogP contribution in [0.5, 0.6) is 0 Å². The topological polar surface area (TPSA) is 69.6 Å². The van der Waals surface area contributed by atoms with Crippen molar-refractivity contribution in [1.29, 1.82) is 0 Å². The van der Waals surface area contributed by atoms with Crippen LogP contribution in [0.3, 0.4) is 0 Å². The highest BCUT2D eigenvalue weighted by Crippen LogP contribution is 2.41. The maximum Gasteiger partial charge on any atom is 0.317 e. The van der Waals surface area contributed by atoms with Gasteiger partial charge in [0.1, 0.15) is 0 Å². The van der Waals surface area contributed by atoms with Gasteiger partial charge in [-0.15, -0.1) is 0 Å². The van der Waals surface area contributed by atoms with Gasteiger partial charge < -0.3 is 15.3 Å². The van der Waals surface area contributed by atoms with E-state index in [4.69, 9.17) is 5.11 Å².